The Kier molecular flexibility index (Phi) is 3.40. The summed E-state index contributed by atoms with van der Waals surface area (Å²) in [5, 5.41) is 0. The number of carbonyl (C=O) groups excluding carboxylic acids is 1. The molecular weight excluding hydrogens is 326 g/mol. The van der Waals surface area contributed by atoms with E-state index in [2.05, 4.69) is 53.2 Å². The van der Waals surface area contributed by atoms with Crippen LogP contribution in [0.5, 0.6) is 0 Å². The summed E-state index contributed by atoms with van der Waals surface area (Å²) in [7, 11) is 1.86. The van der Waals surface area contributed by atoms with E-state index in [1.165, 1.54) is 11.1 Å². The van der Waals surface area contributed by atoms with Gasteiger partial charge in [0.15, 0.2) is 0 Å². The summed E-state index contributed by atoms with van der Waals surface area (Å²) in [6.07, 6.45) is 0.722. The fourth-order valence-electron chi connectivity index (χ4n) is 3.12. The Morgan fingerprint density at radius 2 is 1.81 bits per heavy atom. The first-order valence-electron chi connectivity index (χ1n) is 7.05. The maximum atomic E-state index is 12.8. The van der Waals surface area contributed by atoms with Gasteiger partial charge in [0.25, 0.3) is 0 Å². The summed E-state index contributed by atoms with van der Waals surface area (Å²) in [6.45, 7) is 4.12. The summed E-state index contributed by atoms with van der Waals surface area (Å²) in [5.41, 5.74) is 4.05. The molecule has 1 amide bonds. The van der Waals surface area contributed by atoms with E-state index in [0.29, 0.717) is 0 Å². The quantitative estimate of drug-likeness (QED) is 0.798. The van der Waals surface area contributed by atoms with Crippen LogP contribution >= 0.6 is 15.9 Å². The third-order valence-electron chi connectivity index (χ3n) is 4.37. The second-order valence-corrected chi connectivity index (χ2v) is 6.94. The van der Waals surface area contributed by atoms with Gasteiger partial charge >= 0.3 is 0 Å². The highest BCUT2D eigenvalue weighted by Gasteiger charge is 2.45. The zero-order chi connectivity index (χ0) is 15.2. The minimum atomic E-state index is -0.497. The lowest BCUT2D eigenvalue weighted by molar-refractivity contribution is -0.122. The van der Waals surface area contributed by atoms with Crippen LogP contribution in [-0.2, 0) is 16.6 Å². The highest BCUT2D eigenvalue weighted by Crippen LogP contribution is 2.44. The van der Waals surface area contributed by atoms with Crippen molar-refractivity contribution in [2.45, 2.75) is 25.7 Å². The van der Waals surface area contributed by atoms with Gasteiger partial charge < -0.3 is 4.90 Å². The van der Waals surface area contributed by atoms with Gasteiger partial charge in [-0.25, -0.2) is 0 Å². The van der Waals surface area contributed by atoms with E-state index in [1.807, 2.05) is 26.1 Å². The van der Waals surface area contributed by atoms with E-state index >= 15 is 0 Å². The van der Waals surface area contributed by atoms with Gasteiger partial charge in [0.1, 0.15) is 0 Å². The Morgan fingerprint density at radius 1 is 1.14 bits per heavy atom. The van der Waals surface area contributed by atoms with Crippen LogP contribution in [0.1, 0.15) is 23.6 Å². The second-order valence-electron chi connectivity index (χ2n) is 6.02. The molecule has 0 bridgehead atoms. The van der Waals surface area contributed by atoms with E-state index < -0.39 is 5.41 Å². The summed E-state index contributed by atoms with van der Waals surface area (Å²) < 4.78 is 1.01. The first kappa shape index (κ1) is 14.3. The van der Waals surface area contributed by atoms with Crippen LogP contribution in [0, 0.1) is 6.92 Å². The first-order chi connectivity index (χ1) is 9.91. The number of rotatable bonds is 2. The Labute approximate surface area is 133 Å². The smallest absolute Gasteiger partial charge is 0.237 e. The molecule has 2 nitrogen and oxygen atoms in total. The van der Waals surface area contributed by atoms with Crippen molar-refractivity contribution in [3.05, 3.63) is 63.6 Å². The van der Waals surface area contributed by atoms with Crippen LogP contribution in [0.25, 0.3) is 0 Å². The largest absolute Gasteiger partial charge is 0.314 e. The van der Waals surface area contributed by atoms with Crippen LogP contribution in [-0.4, -0.2) is 13.0 Å². The fourth-order valence-corrected chi connectivity index (χ4v) is 3.48. The lowest BCUT2D eigenvalue weighted by atomic mass is 9.78. The molecule has 0 saturated heterocycles. The van der Waals surface area contributed by atoms with Crippen LogP contribution in [0.15, 0.2) is 46.9 Å². The number of benzene rings is 2. The van der Waals surface area contributed by atoms with Gasteiger partial charge in [-0.1, -0.05) is 45.8 Å². The molecule has 3 heteroatoms. The molecule has 21 heavy (non-hydrogen) atoms. The second kappa shape index (κ2) is 4.99. The van der Waals surface area contributed by atoms with Gasteiger partial charge in [0.2, 0.25) is 5.91 Å². The van der Waals surface area contributed by atoms with Gasteiger partial charge in [-0.05, 0) is 49.6 Å². The topological polar surface area (TPSA) is 20.3 Å². The van der Waals surface area contributed by atoms with Gasteiger partial charge in [-0.15, -0.1) is 0 Å². The molecule has 0 spiro atoms. The van der Waals surface area contributed by atoms with Crippen molar-refractivity contribution in [1.82, 2.24) is 0 Å². The van der Waals surface area contributed by atoms with E-state index in [4.69, 9.17) is 0 Å². The predicted octanol–water partition coefficient (Wildman–Crippen LogP) is 4.23. The SMILES string of the molecule is Cc1ccc(CC2(C)C(=O)N(C)c3ccc(Br)cc32)cc1. The molecule has 0 aliphatic carbocycles. The van der Waals surface area contributed by atoms with Crippen molar-refractivity contribution < 1.29 is 4.79 Å². The number of likely N-dealkylation sites (N-methyl/N-ethyl adjacent to an activating group) is 1. The number of carbonyl (C=O) groups is 1. The van der Waals surface area contributed by atoms with Gasteiger partial charge in [0.05, 0.1) is 5.41 Å². The monoisotopic (exact) mass is 343 g/mol. The van der Waals surface area contributed by atoms with Crippen molar-refractivity contribution in [3.63, 3.8) is 0 Å². The van der Waals surface area contributed by atoms with Crippen molar-refractivity contribution in [1.29, 1.82) is 0 Å². The molecule has 0 N–H and O–H groups in total. The fraction of sp³-hybridized carbons (Fsp3) is 0.278. The van der Waals surface area contributed by atoms with Crippen LogP contribution < -0.4 is 4.90 Å². The van der Waals surface area contributed by atoms with E-state index in [0.717, 1.165) is 22.1 Å². The number of fused-ring (bicyclic) bond motifs is 1. The van der Waals surface area contributed by atoms with Crippen molar-refractivity contribution in [3.8, 4) is 0 Å². The molecule has 2 aromatic carbocycles. The minimum Gasteiger partial charge on any atom is -0.314 e. The summed E-state index contributed by atoms with van der Waals surface area (Å²) >= 11 is 3.52. The molecule has 1 atom stereocenters. The zero-order valence-corrected chi connectivity index (χ0v) is 14.1. The number of nitrogens with zero attached hydrogens (tertiary/aromatic N) is 1. The highest BCUT2D eigenvalue weighted by atomic mass is 79.9. The molecule has 0 aromatic heterocycles. The summed E-state index contributed by atoms with van der Waals surface area (Å²) in [6, 6.07) is 14.5. The Balaban J connectivity index is 2.06. The van der Waals surface area contributed by atoms with Crippen LogP contribution in [0.3, 0.4) is 0 Å². The number of anilines is 1. The average molecular weight is 344 g/mol. The molecule has 0 radical (unpaired) electrons. The lowest BCUT2D eigenvalue weighted by Gasteiger charge is -2.23. The Morgan fingerprint density at radius 3 is 2.48 bits per heavy atom. The summed E-state index contributed by atoms with van der Waals surface area (Å²) in [4.78, 5) is 14.6. The summed E-state index contributed by atoms with van der Waals surface area (Å²) in [5.74, 6) is 0.163. The molecule has 3 rings (SSSR count). The standard InChI is InChI=1S/C18H18BrNO/c1-12-4-6-13(7-5-12)11-18(2)15-10-14(19)8-9-16(15)20(3)17(18)21/h4-10H,11H2,1-3H3. The van der Waals surface area contributed by atoms with Gasteiger partial charge in [-0.3, -0.25) is 4.79 Å². The number of hydrogen-bond acceptors (Lipinski definition) is 1. The zero-order valence-electron chi connectivity index (χ0n) is 12.5. The molecule has 1 heterocycles. The maximum absolute atomic E-state index is 12.8. The maximum Gasteiger partial charge on any atom is 0.237 e. The Bertz CT molecular complexity index is 708. The third kappa shape index (κ3) is 2.30. The average Bonchev–Trinajstić information content (AvgIpc) is 2.64. The number of amides is 1. The molecule has 1 aliphatic heterocycles. The normalized spacial score (nSPS) is 20.8. The van der Waals surface area contributed by atoms with E-state index in [-0.39, 0.29) is 5.91 Å². The Hall–Kier alpha value is -1.61. The lowest BCUT2D eigenvalue weighted by Crippen LogP contribution is -2.37. The molecule has 1 unspecified atom stereocenters. The number of aryl methyl sites for hydroxylation is 1. The van der Waals surface area contributed by atoms with Gasteiger partial charge in [-0.2, -0.15) is 0 Å². The van der Waals surface area contributed by atoms with E-state index in [1.54, 1.807) is 4.90 Å². The molecule has 0 saturated carbocycles. The van der Waals surface area contributed by atoms with Crippen LogP contribution in [0.2, 0.25) is 0 Å². The first-order valence-corrected chi connectivity index (χ1v) is 7.85. The molecular formula is C18H18BrNO. The minimum absolute atomic E-state index is 0.163. The molecule has 0 fully saturated rings. The third-order valence-corrected chi connectivity index (χ3v) is 4.86. The van der Waals surface area contributed by atoms with Crippen molar-refractivity contribution in [2.24, 2.45) is 0 Å². The molecule has 2 aromatic rings. The number of halogens is 1. The predicted molar refractivity (Wildman–Crippen MR) is 89.8 cm³/mol. The van der Waals surface area contributed by atoms with Crippen LogP contribution in [0.4, 0.5) is 5.69 Å². The van der Waals surface area contributed by atoms with Gasteiger partial charge in [0, 0.05) is 17.2 Å². The van der Waals surface area contributed by atoms with E-state index in [9.17, 15) is 4.79 Å². The molecule has 108 valence electrons. The van der Waals surface area contributed by atoms with Crippen molar-refractivity contribution >= 4 is 27.5 Å². The highest BCUT2D eigenvalue weighted by molar-refractivity contribution is 9.10. The molecule has 1 aliphatic rings. The number of hydrogen-bond donors (Lipinski definition) is 0. The van der Waals surface area contributed by atoms with Crippen molar-refractivity contribution in [2.75, 3.05) is 11.9 Å².